The summed E-state index contributed by atoms with van der Waals surface area (Å²) in [5.74, 6) is -5.58. The number of anilines is 2. The predicted octanol–water partition coefficient (Wildman–Crippen LogP) is 2.60. The first-order valence-electron chi connectivity index (χ1n) is 10.3. The molecule has 0 aromatic heterocycles. The van der Waals surface area contributed by atoms with Gasteiger partial charge in [-0.1, -0.05) is 45.2 Å². The number of halogens is 2. The lowest BCUT2D eigenvalue weighted by atomic mass is 10.2. The van der Waals surface area contributed by atoms with Gasteiger partial charge in [0.2, 0.25) is 11.8 Å². The van der Waals surface area contributed by atoms with E-state index in [1.54, 1.807) is 0 Å². The normalized spacial score (nSPS) is 11.6. The average Bonchev–Trinajstić information content (AvgIpc) is 2.87. The highest BCUT2D eigenvalue weighted by atomic mass is 127. The molecule has 2 amide bonds. The Bertz CT molecular complexity index is 1350. The van der Waals surface area contributed by atoms with Gasteiger partial charge in [0.05, 0.1) is 26.4 Å². The second-order valence-corrected chi connectivity index (χ2v) is 10.4. The maximum Gasteiger partial charge on any atom is 0.345 e. The highest BCUT2D eigenvalue weighted by Crippen LogP contribution is 2.15. The van der Waals surface area contributed by atoms with Crippen molar-refractivity contribution in [2.75, 3.05) is 19.5 Å². The van der Waals surface area contributed by atoms with E-state index in [0.29, 0.717) is 11.4 Å². The molecule has 0 aliphatic heterocycles. The number of carbonyl (C=O) groups is 5. The van der Waals surface area contributed by atoms with E-state index in [1.165, 1.54) is 48.5 Å². The van der Waals surface area contributed by atoms with Gasteiger partial charge in [0, 0.05) is 11.4 Å². The molecule has 0 saturated heterocycles. The van der Waals surface area contributed by atoms with Crippen LogP contribution in [0, 0.1) is 5.41 Å². The number of nitrogens with one attached hydrogen (secondary N) is 3. The fourth-order valence-electron chi connectivity index (χ4n) is 2.68. The van der Waals surface area contributed by atoms with Crippen LogP contribution in [0.5, 0.6) is 0 Å². The van der Waals surface area contributed by atoms with Gasteiger partial charge < -0.3 is 20.1 Å². The van der Waals surface area contributed by atoms with Crippen molar-refractivity contribution in [2.24, 2.45) is 0 Å². The number of esters is 3. The molecule has 2 aromatic rings. The Morgan fingerprint density at radius 1 is 0.789 bits per heavy atom. The third-order valence-electron chi connectivity index (χ3n) is 4.45. The minimum Gasteiger partial charge on any atom is -0.409 e. The molecule has 0 fully saturated rings. The number of benzene rings is 2. The van der Waals surface area contributed by atoms with Crippen LogP contribution in [-0.4, -0.2) is 62.7 Å². The Morgan fingerprint density at radius 2 is 1.18 bits per heavy atom. The van der Waals surface area contributed by atoms with Gasteiger partial charge in [-0.15, -0.1) is 0 Å². The summed E-state index contributed by atoms with van der Waals surface area (Å²) in [5.41, 5.74) is 0.541. The van der Waals surface area contributed by atoms with Gasteiger partial charge in [-0.05, 0) is 48.5 Å². The smallest absolute Gasteiger partial charge is 0.345 e. The van der Waals surface area contributed by atoms with Crippen LogP contribution in [0.4, 0.5) is 11.4 Å². The van der Waals surface area contributed by atoms with Crippen molar-refractivity contribution in [2.45, 2.75) is 11.7 Å². The lowest BCUT2D eigenvalue weighted by molar-refractivity contribution is -0.137. The van der Waals surface area contributed by atoms with Crippen LogP contribution in [0.3, 0.4) is 0 Å². The molecular weight excluding hydrogens is 752 g/mol. The van der Waals surface area contributed by atoms with Gasteiger partial charge in [-0.25, -0.2) is 9.59 Å². The standard InChI is InChI=1S/C22H19I2N3O10S/c23-10-18(28)26-14-5-1-12(2-6-14)20(30)36-17(25)9-16(38(33,34)35)22(32)37-21(31)13-3-7-15(8-4-13)27-19(29)11-24/h1-8,16,25H,9-11H2,(H,26,28)(H,27,29)(H,33,34,35). The summed E-state index contributed by atoms with van der Waals surface area (Å²) < 4.78 is 42.6. The maximum atomic E-state index is 12.4. The Balaban J connectivity index is 2.03. The quantitative estimate of drug-likeness (QED) is 0.0529. The van der Waals surface area contributed by atoms with E-state index in [1.807, 2.05) is 45.2 Å². The number of rotatable bonds is 10. The minimum absolute atomic E-state index is 0.0542. The molecule has 0 saturated carbocycles. The molecule has 0 aliphatic carbocycles. The Hall–Kier alpha value is -2.97. The molecule has 0 aliphatic rings. The lowest BCUT2D eigenvalue weighted by Gasteiger charge is -2.13. The van der Waals surface area contributed by atoms with E-state index >= 15 is 0 Å². The predicted molar refractivity (Wildman–Crippen MR) is 151 cm³/mol. The van der Waals surface area contributed by atoms with E-state index in [-0.39, 0.29) is 31.8 Å². The van der Waals surface area contributed by atoms with Crippen molar-refractivity contribution in [3.05, 3.63) is 59.7 Å². The monoisotopic (exact) mass is 771 g/mol. The third-order valence-corrected chi connectivity index (χ3v) is 6.92. The lowest BCUT2D eigenvalue weighted by Crippen LogP contribution is -2.36. The van der Waals surface area contributed by atoms with Crippen molar-refractivity contribution in [3.8, 4) is 0 Å². The van der Waals surface area contributed by atoms with Crippen LogP contribution in [0.15, 0.2) is 48.5 Å². The molecule has 1 atom stereocenters. The first-order chi connectivity index (χ1) is 17.8. The van der Waals surface area contributed by atoms with Gasteiger partial charge in [-0.2, -0.15) is 8.42 Å². The molecule has 0 bridgehead atoms. The van der Waals surface area contributed by atoms with E-state index < -0.39 is 45.6 Å². The van der Waals surface area contributed by atoms with Crippen molar-refractivity contribution >= 4 is 102 Å². The molecule has 202 valence electrons. The van der Waals surface area contributed by atoms with Crippen LogP contribution in [0.25, 0.3) is 0 Å². The second kappa shape index (κ2) is 14.3. The molecule has 2 rings (SSSR count). The van der Waals surface area contributed by atoms with Gasteiger partial charge >= 0.3 is 17.9 Å². The summed E-state index contributed by atoms with van der Waals surface area (Å²) in [6.07, 6.45) is -1.11. The number of hydrogen-bond acceptors (Lipinski definition) is 10. The molecule has 4 N–H and O–H groups in total. The van der Waals surface area contributed by atoms with Crippen LogP contribution < -0.4 is 10.6 Å². The van der Waals surface area contributed by atoms with Crippen molar-refractivity contribution in [1.82, 2.24) is 0 Å². The number of amides is 2. The number of alkyl halides is 2. The molecule has 0 heterocycles. The molecule has 0 spiro atoms. The molecule has 38 heavy (non-hydrogen) atoms. The van der Waals surface area contributed by atoms with Gasteiger partial charge in [0.1, 0.15) is 0 Å². The summed E-state index contributed by atoms with van der Waals surface area (Å²) in [4.78, 5) is 59.7. The van der Waals surface area contributed by atoms with E-state index in [9.17, 15) is 36.9 Å². The van der Waals surface area contributed by atoms with Crippen molar-refractivity contribution in [3.63, 3.8) is 0 Å². The zero-order chi connectivity index (χ0) is 28.5. The molecule has 16 heteroatoms. The fourth-order valence-corrected chi connectivity index (χ4v) is 3.71. The summed E-state index contributed by atoms with van der Waals surface area (Å²) in [6, 6.07) is 10.5. The number of carbonyl (C=O) groups excluding carboxylic acids is 5. The zero-order valence-corrected chi connectivity index (χ0v) is 24.2. The first-order valence-corrected chi connectivity index (χ1v) is 14.8. The maximum absolute atomic E-state index is 12.4. The van der Waals surface area contributed by atoms with Crippen molar-refractivity contribution in [1.29, 1.82) is 5.41 Å². The number of hydrogen-bond donors (Lipinski definition) is 4. The number of ether oxygens (including phenoxy) is 2. The molecule has 2 aromatic carbocycles. The van der Waals surface area contributed by atoms with Crippen LogP contribution >= 0.6 is 45.2 Å². The van der Waals surface area contributed by atoms with Crippen molar-refractivity contribution < 1.29 is 46.4 Å². The van der Waals surface area contributed by atoms with Gasteiger partial charge in [0.15, 0.2) is 11.1 Å². The summed E-state index contributed by atoms with van der Waals surface area (Å²) >= 11 is 3.73. The highest BCUT2D eigenvalue weighted by Gasteiger charge is 2.36. The van der Waals surface area contributed by atoms with Crippen LogP contribution in [0.1, 0.15) is 27.1 Å². The van der Waals surface area contributed by atoms with Crippen LogP contribution in [-0.2, 0) is 34.0 Å². The summed E-state index contributed by atoms with van der Waals surface area (Å²) in [6.45, 7) is 0. The SMILES string of the molecule is N=C(CC(C(=O)OC(=O)c1ccc(NC(=O)CI)cc1)S(=O)(=O)O)OC(=O)c1ccc(NC(=O)CI)cc1. The summed E-state index contributed by atoms with van der Waals surface area (Å²) in [5, 5.41) is 10.4. The molecule has 1 unspecified atom stereocenters. The molecule has 0 radical (unpaired) electrons. The molecule has 13 nitrogen and oxygen atoms in total. The topological polar surface area (TPSA) is 206 Å². The second-order valence-electron chi connectivity index (χ2n) is 7.25. The van der Waals surface area contributed by atoms with Gasteiger partial charge in [0.25, 0.3) is 10.1 Å². The Kier molecular flexibility index (Phi) is 11.7. The zero-order valence-electron chi connectivity index (χ0n) is 19.1. The minimum atomic E-state index is -5.18. The molecular formula is C22H19I2N3O10S. The van der Waals surface area contributed by atoms with Crippen LogP contribution in [0.2, 0.25) is 0 Å². The van der Waals surface area contributed by atoms with E-state index in [4.69, 9.17) is 10.1 Å². The fraction of sp³-hybridized carbons (Fsp3) is 0.182. The summed E-state index contributed by atoms with van der Waals surface area (Å²) in [7, 11) is -5.18. The van der Waals surface area contributed by atoms with Gasteiger partial charge in [-0.3, -0.25) is 24.3 Å². The first kappa shape index (κ1) is 31.2. The van der Waals surface area contributed by atoms with E-state index in [0.717, 1.165) is 0 Å². The Morgan fingerprint density at radius 3 is 1.55 bits per heavy atom. The van der Waals surface area contributed by atoms with E-state index in [2.05, 4.69) is 15.4 Å². The largest absolute Gasteiger partial charge is 0.409 e. The third kappa shape index (κ3) is 9.72. The average molecular weight is 771 g/mol. The highest BCUT2D eigenvalue weighted by molar-refractivity contribution is 14.1. The Labute approximate surface area is 243 Å².